The molecule has 0 aliphatic heterocycles. The molecule has 1 amide bonds. The molecule has 5 heteroatoms. The van der Waals surface area contributed by atoms with Gasteiger partial charge in [0.1, 0.15) is 11.8 Å². The first kappa shape index (κ1) is 19.2. The van der Waals surface area contributed by atoms with Crippen LogP contribution in [0.1, 0.15) is 28.3 Å². The summed E-state index contributed by atoms with van der Waals surface area (Å²) >= 11 is 6.10. The summed E-state index contributed by atoms with van der Waals surface area (Å²) in [4.78, 5) is 16.3. The Kier molecular flexibility index (Phi) is 5.63. The van der Waals surface area contributed by atoms with Crippen LogP contribution in [-0.4, -0.2) is 24.2 Å². The highest BCUT2D eigenvalue weighted by Crippen LogP contribution is 2.44. The van der Waals surface area contributed by atoms with E-state index in [1.54, 1.807) is 0 Å². The number of carbonyl (C=O) groups is 1. The quantitative estimate of drug-likeness (QED) is 0.563. The highest BCUT2D eigenvalue weighted by molar-refractivity contribution is 6.30. The van der Waals surface area contributed by atoms with E-state index < -0.39 is 6.09 Å². The number of ether oxygens (including phenoxy) is 1. The van der Waals surface area contributed by atoms with Gasteiger partial charge in [0, 0.05) is 23.7 Å². The molecule has 4 rings (SSSR count). The average Bonchev–Trinajstić information content (AvgIpc) is 3.05. The van der Waals surface area contributed by atoms with Crippen LogP contribution in [0.15, 0.2) is 66.7 Å². The van der Waals surface area contributed by atoms with Crippen molar-refractivity contribution in [2.75, 3.05) is 13.2 Å². The Labute approximate surface area is 175 Å². The van der Waals surface area contributed by atoms with Crippen LogP contribution in [0.2, 0.25) is 5.15 Å². The van der Waals surface area contributed by atoms with Gasteiger partial charge in [0.25, 0.3) is 0 Å². The lowest BCUT2D eigenvalue weighted by Crippen LogP contribution is -2.26. The molecule has 1 heterocycles. The second kappa shape index (κ2) is 8.50. The lowest BCUT2D eigenvalue weighted by atomic mass is 9.98. The summed E-state index contributed by atoms with van der Waals surface area (Å²) in [6.07, 6.45) is 3.21. The first-order chi connectivity index (χ1) is 14.1. The third-order valence-electron chi connectivity index (χ3n) is 5.02. The number of amides is 1. The third-order valence-corrected chi connectivity index (χ3v) is 5.32. The van der Waals surface area contributed by atoms with Gasteiger partial charge in [-0.1, -0.05) is 78.4 Å². The molecule has 0 radical (unpaired) electrons. The number of halogens is 1. The Morgan fingerprint density at radius 3 is 2.38 bits per heavy atom. The smallest absolute Gasteiger partial charge is 0.407 e. The Morgan fingerprint density at radius 1 is 1.07 bits per heavy atom. The number of nitrogens with one attached hydrogen (secondary N) is 1. The van der Waals surface area contributed by atoms with Crippen LogP contribution in [0, 0.1) is 6.92 Å². The van der Waals surface area contributed by atoms with E-state index in [2.05, 4.69) is 34.6 Å². The highest BCUT2D eigenvalue weighted by Gasteiger charge is 2.28. The number of pyridine rings is 1. The van der Waals surface area contributed by atoms with Crippen LogP contribution in [-0.2, 0) is 4.74 Å². The van der Waals surface area contributed by atoms with E-state index in [0.717, 1.165) is 11.3 Å². The number of benzene rings is 2. The van der Waals surface area contributed by atoms with Gasteiger partial charge >= 0.3 is 6.09 Å². The molecule has 4 nitrogen and oxygen atoms in total. The molecule has 1 aromatic heterocycles. The fraction of sp³-hybridized carbons (Fsp3) is 0.167. The van der Waals surface area contributed by atoms with Crippen molar-refractivity contribution in [3.63, 3.8) is 0 Å². The van der Waals surface area contributed by atoms with E-state index in [9.17, 15) is 4.79 Å². The fourth-order valence-electron chi connectivity index (χ4n) is 3.64. The maximum absolute atomic E-state index is 12.1. The number of aryl methyl sites for hydroxylation is 1. The van der Waals surface area contributed by atoms with Gasteiger partial charge in [-0.25, -0.2) is 9.78 Å². The first-order valence-corrected chi connectivity index (χ1v) is 9.90. The molecular weight excluding hydrogens is 384 g/mol. The minimum atomic E-state index is -0.440. The van der Waals surface area contributed by atoms with Crippen molar-refractivity contribution in [1.29, 1.82) is 0 Å². The van der Waals surface area contributed by atoms with Crippen molar-refractivity contribution in [3.05, 3.63) is 94.3 Å². The maximum atomic E-state index is 12.1. The monoisotopic (exact) mass is 404 g/mol. The lowest BCUT2D eigenvalue weighted by molar-refractivity contribution is 0.144. The normalized spacial score (nSPS) is 12.6. The highest BCUT2D eigenvalue weighted by atomic mass is 35.5. The SMILES string of the molecule is Cc1ccc(C=CCNC(=O)OCC2c3ccccc3-c3ccccc32)c(Cl)n1. The summed E-state index contributed by atoms with van der Waals surface area (Å²) < 4.78 is 5.51. The van der Waals surface area contributed by atoms with Crippen LogP contribution < -0.4 is 5.32 Å². The number of aromatic nitrogens is 1. The maximum Gasteiger partial charge on any atom is 0.407 e. The molecule has 0 fully saturated rings. The summed E-state index contributed by atoms with van der Waals surface area (Å²) in [6.45, 7) is 2.54. The number of fused-ring (bicyclic) bond motifs is 3. The summed E-state index contributed by atoms with van der Waals surface area (Å²) in [5, 5.41) is 3.19. The second-order valence-electron chi connectivity index (χ2n) is 6.94. The van der Waals surface area contributed by atoms with Crippen LogP contribution >= 0.6 is 11.6 Å². The molecule has 0 unspecified atom stereocenters. The first-order valence-electron chi connectivity index (χ1n) is 9.52. The molecule has 1 aliphatic carbocycles. The van der Waals surface area contributed by atoms with Crippen LogP contribution in [0.25, 0.3) is 17.2 Å². The number of hydrogen-bond donors (Lipinski definition) is 1. The molecule has 2 aromatic carbocycles. The number of nitrogens with zero attached hydrogens (tertiary/aromatic N) is 1. The van der Waals surface area contributed by atoms with E-state index in [0.29, 0.717) is 18.3 Å². The van der Waals surface area contributed by atoms with E-state index in [1.807, 2.05) is 55.5 Å². The van der Waals surface area contributed by atoms with Crippen LogP contribution in [0.3, 0.4) is 0 Å². The molecule has 0 bridgehead atoms. The van der Waals surface area contributed by atoms with Gasteiger partial charge in [0.05, 0.1) is 0 Å². The fourth-order valence-corrected chi connectivity index (χ4v) is 3.90. The van der Waals surface area contributed by atoms with Gasteiger partial charge in [-0.2, -0.15) is 0 Å². The van der Waals surface area contributed by atoms with Crippen molar-refractivity contribution >= 4 is 23.8 Å². The molecule has 1 aliphatic rings. The van der Waals surface area contributed by atoms with E-state index in [4.69, 9.17) is 16.3 Å². The minimum absolute atomic E-state index is 0.0566. The topological polar surface area (TPSA) is 51.2 Å². The van der Waals surface area contributed by atoms with Crippen molar-refractivity contribution in [3.8, 4) is 11.1 Å². The summed E-state index contributed by atoms with van der Waals surface area (Å²) in [5.41, 5.74) is 6.49. The Hall–Kier alpha value is -3.11. The summed E-state index contributed by atoms with van der Waals surface area (Å²) in [6, 6.07) is 20.3. The Balaban J connectivity index is 1.34. The number of rotatable bonds is 5. The molecule has 0 saturated carbocycles. The zero-order chi connectivity index (χ0) is 20.2. The molecular formula is C24H21ClN2O2. The summed E-state index contributed by atoms with van der Waals surface area (Å²) in [5.74, 6) is 0.0566. The van der Waals surface area contributed by atoms with Gasteiger partial charge in [-0.3, -0.25) is 0 Å². The van der Waals surface area contributed by atoms with Gasteiger partial charge in [-0.05, 0) is 35.2 Å². The molecule has 146 valence electrons. The summed E-state index contributed by atoms with van der Waals surface area (Å²) in [7, 11) is 0. The molecule has 0 atom stereocenters. The number of carbonyl (C=O) groups excluding carboxylic acids is 1. The van der Waals surface area contributed by atoms with E-state index >= 15 is 0 Å². The molecule has 1 N–H and O–H groups in total. The van der Waals surface area contributed by atoms with Crippen LogP contribution in [0.5, 0.6) is 0 Å². The predicted octanol–water partition coefficient (Wildman–Crippen LogP) is 5.60. The van der Waals surface area contributed by atoms with Crippen molar-refractivity contribution in [2.45, 2.75) is 12.8 Å². The van der Waals surface area contributed by atoms with Crippen molar-refractivity contribution in [1.82, 2.24) is 10.3 Å². The van der Waals surface area contributed by atoms with E-state index in [-0.39, 0.29) is 5.92 Å². The van der Waals surface area contributed by atoms with Gasteiger partial charge in [0.15, 0.2) is 0 Å². The number of hydrogen-bond acceptors (Lipinski definition) is 3. The standard InChI is InChI=1S/C24H21ClN2O2/c1-16-12-13-17(23(25)27-16)7-6-14-26-24(28)29-15-22-20-10-4-2-8-18(20)19-9-3-5-11-21(19)22/h2-13,22H,14-15H2,1H3,(H,26,28). The number of alkyl carbamates (subject to hydrolysis) is 1. The minimum Gasteiger partial charge on any atom is -0.449 e. The van der Waals surface area contributed by atoms with Crippen molar-refractivity contribution < 1.29 is 9.53 Å². The average molecular weight is 405 g/mol. The predicted molar refractivity (Wildman–Crippen MR) is 116 cm³/mol. The largest absolute Gasteiger partial charge is 0.449 e. The second-order valence-corrected chi connectivity index (χ2v) is 7.30. The van der Waals surface area contributed by atoms with Gasteiger partial charge < -0.3 is 10.1 Å². The molecule has 0 spiro atoms. The Morgan fingerprint density at radius 2 is 1.72 bits per heavy atom. The zero-order valence-electron chi connectivity index (χ0n) is 16.1. The Bertz CT molecular complexity index is 1030. The van der Waals surface area contributed by atoms with E-state index in [1.165, 1.54) is 22.3 Å². The van der Waals surface area contributed by atoms with Crippen molar-refractivity contribution in [2.24, 2.45) is 0 Å². The molecule has 3 aromatic rings. The van der Waals surface area contributed by atoms with Crippen LogP contribution in [0.4, 0.5) is 4.79 Å². The molecule has 0 saturated heterocycles. The lowest BCUT2D eigenvalue weighted by Gasteiger charge is -2.14. The van der Waals surface area contributed by atoms with Gasteiger partial charge in [-0.15, -0.1) is 0 Å². The third kappa shape index (κ3) is 4.17. The van der Waals surface area contributed by atoms with Gasteiger partial charge in [0.2, 0.25) is 0 Å². The zero-order valence-corrected chi connectivity index (χ0v) is 16.8. The molecule has 29 heavy (non-hydrogen) atoms.